The number of hydrogen-bond donors (Lipinski definition) is 0. The molecule has 1 nitrogen and oxygen atoms in total. The molecule has 1 aromatic rings. The highest BCUT2D eigenvalue weighted by atomic mass is 79.9. The van der Waals surface area contributed by atoms with E-state index in [9.17, 15) is 4.79 Å². The average Bonchev–Trinajstić information content (AvgIpc) is 2.19. The van der Waals surface area contributed by atoms with E-state index >= 15 is 0 Å². The minimum Gasteiger partial charge on any atom is -0.298 e. The van der Waals surface area contributed by atoms with Crippen LogP contribution in [0.5, 0.6) is 0 Å². The molecule has 1 rings (SSSR count). The van der Waals surface area contributed by atoms with E-state index in [2.05, 4.69) is 15.9 Å². The van der Waals surface area contributed by atoms with Gasteiger partial charge in [-0.1, -0.05) is 40.5 Å². The molecule has 0 amide bonds. The Balaban J connectivity index is 2.60. The average molecular weight is 308 g/mol. The first-order valence-corrected chi connectivity index (χ1v) is 6.99. The van der Waals surface area contributed by atoms with Gasteiger partial charge in [0, 0.05) is 15.9 Å². The van der Waals surface area contributed by atoms with Crippen LogP contribution in [-0.4, -0.2) is 17.3 Å². The van der Waals surface area contributed by atoms with Gasteiger partial charge in [0.2, 0.25) is 0 Å². The van der Waals surface area contributed by atoms with Gasteiger partial charge in [-0.05, 0) is 23.4 Å². The van der Waals surface area contributed by atoms with Gasteiger partial charge < -0.3 is 0 Å². The topological polar surface area (TPSA) is 17.1 Å². The van der Waals surface area contributed by atoms with E-state index in [4.69, 9.17) is 11.6 Å². The van der Waals surface area contributed by atoms with Crippen molar-refractivity contribution in [3.63, 3.8) is 0 Å². The zero-order valence-corrected chi connectivity index (χ0v) is 11.6. The predicted octanol–water partition coefficient (Wildman–Crippen LogP) is 3.97. The molecular formula is C11H12BrClOS. The molecule has 0 aliphatic carbocycles. The van der Waals surface area contributed by atoms with Crippen LogP contribution in [0.1, 0.15) is 12.5 Å². The van der Waals surface area contributed by atoms with Crippen LogP contribution in [0.15, 0.2) is 22.7 Å². The Morgan fingerprint density at radius 2 is 2.27 bits per heavy atom. The maximum absolute atomic E-state index is 11.5. The number of thioether (sulfide) groups is 1. The lowest BCUT2D eigenvalue weighted by molar-refractivity contribution is -0.116. The summed E-state index contributed by atoms with van der Waals surface area (Å²) in [6.45, 7) is 2.05. The summed E-state index contributed by atoms with van der Waals surface area (Å²) in [5.74, 6) is 1.77. The summed E-state index contributed by atoms with van der Waals surface area (Å²) in [5, 5.41) is 0.652. The first-order valence-electron chi connectivity index (χ1n) is 4.67. The molecule has 0 bridgehead atoms. The van der Waals surface area contributed by atoms with Gasteiger partial charge in [-0.3, -0.25) is 4.79 Å². The number of rotatable bonds is 5. The first-order chi connectivity index (χ1) is 7.13. The summed E-state index contributed by atoms with van der Waals surface area (Å²) >= 11 is 11.0. The lowest BCUT2D eigenvalue weighted by Crippen LogP contribution is -2.06. The van der Waals surface area contributed by atoms with Crippen molar-refractivity contribution in [2.45, 2.75) is 13.3 Å². The van der Waals surface area contributed by atoms with E-state index in [0.29, 0.717) is 17.2 Å². The molecule has 0 unspecified atom stereocenters. The van der Waals surface area contributed by atoms with Crippen LogP contribution in [0.25, 0.3) is 0 Å². The monoisotopic (exact) mass is 306 g/mol. The van der Waals surface area contributed by atoms with Crippen molar-refractivity contribution < 1.29 is 4.79 Å². The summed E-state index contributed by atoms with van der Waals surface area (Å²) in [7, 11) is 0. The van der Waals surface area contributed by atoms with E-state index in [-0.39, 0.29) is 5.78 Å². The Kier molecular flexibility index (Phi) is 5.72. The number of halogens is 2. The fourth-order valence-corrected chi connectivity index (χ4v) is 2.42. The Hall–Kier alpha value is 0.01000. The van der Waals surface area contributed by atoms with Gasteiger partial charge in [0.25, 0.3) is 0 Å². The van der Waals surface area contributed by atoms with Crippen molar-refractivity contribution in [1.29, 1.82) is 0 Å². The van der Waals surface area contributed by atoms with Gasteiger partial charge in [0.1, 0.15) is 5.78 Å². The van der Waals surface area contributed by atoms with Crippen molar-refractivity contribution >= 4 is 45.1 Å². The molecule has 0 fully saturated rings. The molecule has 82 valence electrons. The summed E-state index contributed by atoms with van der Waals surface area (Å²) < 4.78 is 0.937. The van der Waals surface area contributed by atoms with Crippen molar-refractivity contribution in [2.75, 3.05) is 11.5 Å². The highest BCUT2D eigenvalue weighted by Crippen LogP contribution is 2.22. The maximum atomic E-state index is 11.5. The fraction of sp³-hybridized carbons (Fsp3) is 0.364. The summed E-state index contributed by atoms with van der Waals surface area (Å²) in [6, 6.07) is 5.61. The molecule has 15 heavy (non-hydrogen) atoms. The van der Waals surface area contributed by atoms with Gasteiger partial charge >= 0.3 is 0 Å². The Morgan fingerprint density at radius 1 is 1.53 bits per heavy atom. The Morgan fingerprint density at radius 3 is 2.87 bits per heavy atom. The largest absolute Gasteiger partial charge is 0.298 e. The van der Waals surface area contributed by atoms with Crippen molar-refractivity contribution in [1.82, 2.24) is 0 Å². The molecule has 0 radical (unpaired) electrons. The predicted molar refractivity (Wildman–Crippen MR) is 70.9 cm³/mol. The summed E-state index contributed by atoms with van der Waals surface area (Å²) in [4.78, 5) is 11.5. The second-order valence-electron chi connectivity index (χ2n) is 3.09. The van der Waals surface area contributed by atoms with Gasteiger partial charge in [0.15, 0.2) is 0 Å². The summed E-state index contributed by atoms with van der Waals surface area (Å²) in [5.41, 5.74) is 0.904. The third-order valence-electron chi connectivity index (χ3n) is 1.87. The molecule has 1 aromatic carbocycles. The standard InChI is InChI=1S/C11H12BrClOS/c1-2-15-7-10(14)5-8-3-4-9(12)6-11(8)13/h3-4,6H,2,5,7H2,1H3. The van der Waals surface area contributed by atoms with E-state index in [1.807, 2.05) is 25.1 Å². The lowest BCUT2D eigenvalue weighted by Gasteiger charge is -2.03. The smallest absolute Gasteiger partial charge is 0.147 e. The van der Waals surface area contributed by atoms with E-state index in [1.165, 1.54) is 0 Å². The van der Waals surface area contributed by atoms with Crippen LogP contribution < -0.4 is 0 Å². The van der Waals surface area contributed by atoms with Crippen LogP contribution in [-0.2, 0) is 11.2 Å². The van der Waals surface area contributed by atoms with E-state index < -0.39 is 0 Å². The first kappa shape index (κ1) is 13.1. The molecular weight excluding hydrogens is 296 g/mol. The van der Waals surface area contributed by atoms with Gasteiger partial charge in [-0.15, -0.1) is 0 Å². The van der Waals surface area contributed by atoms with Crippen LogP contribution in [0.3, 0.4) is 0 Å². The maximum Gasteiger partial charge on any atom is 0.147 e. The lowest BCUT2D eigenvalue weighted by atomic mass is 10.1. The van der Waals surface area contributed by atoms with E-state index in [1.54, 1.807) is 11.8 Å². The van der Waals surface area contributed by atoms with Crippen LogP contribution in [0.4, 0.5) is 0 Å². The normalized spacial score (nSPS) is 10.3. The Labute approximate surface area is 108 Å². The molecule has 0 aliphatic heterocycles. The highest BCUT2D eigenvalue weighted by molar-refractivity contribution is 9.10. The van der Waals surface area contributed by atoms with Crippen molar-refractivity contribution in [2.24, 2.45) is 0 Å². The van der Waals surface area contributed by atoms with Gasteiger partial charge in [-0.2, -0.15) is 11.8 Å². The molecule has 0 aliphatic rings. The molecule has 0 N–H and O–H groups in total. The minimum absolute atomic E-state index is 0.228. The molecule has 0 aromatic heterocycles. The van der Waals surface area contributed by atoms with Crippen molar-refractivity contribution in [3.8, 4) is 0 Å². The Bertz CT molecular complexity index is 354. The van der Waals surface area contributed by atoms with Crippen LogP contribution in [0.2, 0.25) is 5.02 Å². The molecule has 0 atom stereocenters. The number of Topliss-reactive ketones (excluding diaryl/α,β-unsaturated/α-hetero) is 1. The van der Waals surface area contributed by atoms with Gasteiger partial charge in [0.05, 0.1) is 5.75 Å². The second kappa shape index (κ2) is 6.56. The SMILES string of the molecule is CCSCC(=O)Cc1ccc(Br)cc1Cl. The quantitative estimate of drug-likeness (QED) is 0.819. The number of carbonyl (C=O) groups is 1. The summed E-state index contributed by atoms with van der Waals surface area (Å²) in [6.07, 6.45) is 0.430. The zero-order chi connectivity index (χ0) is 11.3. The number of ketones is 1. The number of benzene rings is 1. The van der Waals surface area contributed by atoms with Gasteiger partial charge in [-0.25, -0.2) is 0 Å². The molecule has 0 spiro atoms. The zero-order valence-electron chi connectivity index (χ0n) is 8.43. The third kappa shape index (κ3) is 4.58. The molecule has 0 saturated heterocycles. The fourth-order valence-electron chi connectivity index (χ4n) is 1.14. The minimum atomic E-state index is 0.228. The third-order valence-corrected chi connectivity index (χ3v) is 3.65. The van der Waals surface area contributed by atoms with Crippen LogP contribution in [0, 0.1) is 0 Å². The molecule has 4 heteroatoms. The van der Waals surface area contributed by atoms with Crippen molar-refractivity contribution in [3.05, 3.63) is 33.3 Å². The van der Waals surface area contributed by atoms with Crippen LogP contribution >= 0.6 is 39.3 Å². The highest BCUT2D eigenvalue weighted by Gasteiger charge is 2.07. The van der Waals surface area contributed by atoms with E-state index in [0.717, 1.165) is 15.8 Å². The molecule has 0 heterocycles. The number of hydrogen-bond acceptors (Lipinski definition) is 2. The second-order valence-corrected chi connectivity index (χ2v) is 5.69. The number of carbonyl (C=O) groups excluding carboxylic acids is 1. The molecule has 0 saturated carbocycles.